The minimum Gasteiger partial charge on any atom is -0.452 e. The molecule has 7 nitrogen and oxygen atoms in total. The number of nitrogens with zero attached hydrogens (tertiary/aromatic N) is 2. The molecule has 1 amide bonds. The van der Waals surface area contributed by atoms with E-state index in [4.69, 9.17) is 9.26 Å². The molecule has 0 aliphatic carbocycles. The van der Waals surface area contributed by atoms with Crippen LogP contribution in [-0.4, -0.2) is 28.6 Å². The van der Waals surface area contributed by atoms with Gasteiger partial charge in [0.15, 0.2) is 6.61 Å². The van der Waals surface area contributed by atoms with E-state index < -0.39 is 18.5 Å². The predicted molar refractivity (Wildman–Crippen MR) is 117 cm³/mol. The van der Waals surface area contributed by atoms with Crippen molar-refractivity contribution < 1.29 is 18.8 Å². The fourth-order valence-corrected chi connectivity index (χ4v) is 3.17. The van der Waals surface area contributed by atoms with E-state index in [2.05, 4.69) is 15.5 Å². The van der Waals surface area contributed by atoms with Crippen LogP contribution in [0.5, 0.6) is 0 Å². The summed E-state index contributed by atoms with van der Waals surface area (Å²) in [5, 5.41) is 7.10. The molecule has 0 spiro atoms. The maximum Gasteiger partial charge on any atom is 0.339 e. The molecule has 7 heteroatoms. The summed E-state index contributed by atoms with van der Waals surface area (Å²) in [5.41, 5.74) is 5.23. The lowest BCUT2D eigenvalue weighted by molar-refractivity contribution is -0.119. The van der Waals surface area contributed by atoms with Gasteiger partial charge in [-0.1, -0.05) is 52.7 Å². The number of hydrogen-bond acceptors (Lipinski definition) is 6. The molecule has 0 saturated heterocycles. The number of hydrogen-bond donors (Lipinski definition) is 1. The number of rotatable bonds is 5. The molecule has 0 saturated carbocycles. The molecule has 0 aliphatic heterocycles. The first-order chi connectivity index (χ1) is 14.9. The average molecular weight is 415 g/mol. The highest BCUT2D eigenvalue weighted by atomic mass is 16.5. The summed E-state index contributed by atoms with van der Waals surface area (Å²) >= 11 is 0. The van der Waals surface area contributed by atoms with Crippen LogP contribution in [0.1, 0.15) is 27.2 Å². The fraction of sp³-hybridized carbons (Fsp3) is 0.167. The number of carbonyl (C=O) groups excluding carboxylic acids is 2. The monoisotopic (exact) mass is 415 g/mol. The van der Waals surface area contributed by atoms with Crippen molar-refractivity contribution in [3.63, 3.8) is 0 Å². The summed E-state index contributed by atoms with van der Waals surface area (Å²) in [4.78, 5) is 29.5. The molecule has 2 aromatic carbocycles. The van der Waals surface area contributed by atoms with Gasteiger partial charge in [0.05, 0.1) is 22.3 Å². The molecule has 0 atom stereocenters. The molecule has 2 heterocycles. The minimum atomic E-state index is -0.647. The van der Waals surface area contributed by atoms with Gasteiger partial charge in [-0.25, -0.2) is 9.78 Å². The predicted octanol–water partition coefficient (Wildman–Crippen LogP) is 4.61. The van der Waals surface area contributed by atoms with Crippen LogP contribution in [0, 0.1) is 20.8 Å². The van der Waals surface area contributed by atoms with Crippen LogP contribution in [-0.2, 0) is 9.53 Å². The van der Waals surface area contributed by atoms with E-state index in [0.29, 0.717) is 22.5 Å². The number of benzene rings is 2. The normalized spacial score (nSPS) is 10.8. The number of esters is 1. The van der Waals surface area contributed by atoms with Crippen LogP contribution in [0.15, 0.2) is 59.1 Å². The quantitative estimate of drug-likeness (QED) is 0.478. The first kappa shape index (κ1) is 20.3. The Hall–Kier alpha value is -4.00. The van der Waals surface area contributed by atoms with Crippen LogP contribution in [0.3, 0.4) is 0 Å². The van der Waals surface area contributed by atoms with Gasteiger partial charge in [-0.2, -0.15) is 0 Å². The Morgan fingerprint density at radius 1 is 0.968 bits per heavy atom. The zero-order valence-electron chi connectivity index (χ0n) is 17.4. The molecule has 31 heavy (non-hydrogen) atoms. The topological polar surface area (TPSA) is 94.3 Å². The van der Waals surface area contributed by atoms with Crippen molar-refractivity contribution in [3.8, 4) is 11.3 Å². The lowest BCUT2D eigenvalue weighted by Gasteiger charge is -2.09. The lowest BCUT2D eigenvalue weighted by atomic mass is 10.0. The molecule has 0 radical (unpaired) electrons. The Balaban J connectivity index is 1.56. The van der Waals surface area contributed by atoms with E-state index in [1.807, 2.05) is 50.2 Å². The maximum absolute atomic E-state index is 12.8. The van der Waals surface area contributed by atoms with Gasteiger partial charge in [0.2, 0.25) is 0 Å². The first-order valence-electron chi connectivity index (χ1n) is 9.78. The van der Waals surface area contributed by atoms with Crippen LogP contribution >= 0.6 is 0 Å². The largest absolute Gasteiger partial charge is 0.452 e. The zero-order chi connectivity index (χ0) is 22.0. The number of fused-ring (bicyclic) bond motifs is 1. The highest BCUT2D eigenvalue weighted by Gasteiger charge is 2.21. The summed E-state index contributed by atoms with van der Waals surface area (Å²) in [5.74, 6) is -1.07. The Kier molecular flexibility index (Phi) is 5.49. The Bertz CT molecular complexity index is 1260. The molecule has 0 aliphatic rings. The third-order valence-electron chi connectivity index (χ3n) is 4.85. The summed E-state index contributed by atoms with van der Waals surface area (Å²) in [6.45, 7) is 5.26. The van der Waals surface area contributed by atoms with Gasteiger partial charge >= 0.3 is 5.97 Å². The summed E-state index contributed by atoms with van der Waals surface area (Å²) in [7, 11) is 0. The number of amides is 1. The number of anilines is 1. The zero-order valence-corrected chi connectivity index (χ0v) is 17.4. The Morgan fingerprint density at radius 2 is 1.61 bits per heavy atom. The van der Waals surface area contributed by atoms with Gasteiger partial charge in [0.1, 0.15) is 0 Å². The number of carbonyl (C=O) groups is 2. The van der Waals surface area contributed by atoms with Crippen LogP contribution in [0.25, 0.3) is 22.4 Å². The van der Waals surface area contributed by atoms with Crippen molar-refractivity contribution in [3.05, 3.63) is 77.0 Å². The van der Waals surface area contributed by atoms with Gasteiger partial charge < -0.3 is 14.6 Å². The van der Waals surface area contributed by atoms with E-state index in [-0.39, 0.29) is 11.3 Å². The maximum atomic E-state index is 12.8. The smallest absolute Gasteiger partial charge is 0.339 e. The lowest BCUT2D eigenvalue weighted by Crippen LogP contribution is -2.21. The number of aromatic nitrogens is 2. The summed E-state index contributed by atoms with van der Waals surface area (Å²) in [6.07, 6.45) is 0. The molecular formula is C24H21N3O4. The molecule has 0 unspecified atom stereocenters. The van der Waals surface area contributed by atoms with Gasteiger partial charge in [-0.05, 0) is 39.0 Å². The van der Waals surface area contributed by atoms with E-state index in [0.717, 1.165) is 16.7 Å². The van der Waals surface area contributed by atoms with Crippen molar-refractivity contribution >= 4 is 28.7 Å². The number of aryl methyl sites for hydroxylation is 3. The fourth-order valence-electron chi connectivity index (χ4n) is 3.17. The second-order valence-electron chi connectivity index (χ2n) is 7.36. The average Bonchev–Trinajstić information content (AvgIpc) is 3.14. The van der Waals surface area contributed by atoms with Crippen molar-refractivity contribution in [2.75, 3.05) is 11.9 Å². The molecular weight excluding hydrogens is 394 g/mol. The molecule has 4 rings (SSSR count). The number of nitrogens with one attached hydrogen (secondary N) is 1. The van der Waals surface area contributed by atoms with Gasteiger partial charge in [-0.3, -0.25) is 4.79 Å². The highest BCUT2D eigenvalue weighted by Crippen LogP contribution is 2.27. The van der Waals surface area contributed by atoms with Gasteiger partial charge in [0.25, 0.3) is 11.6 Å². The molecule has 0 fully saturated rings. The van der Waals surface area contributed by atoms with E-state index in [9.17, 15) is 9.59 Å². The van der Waals surface area contributed by atoms with Gasteiger partial charge in [0, 0.05) is 11.3 Å². The summed E-state index contributed by atoms with van der Waals surface area (Å²) < 4.78 is 10.6. The molecule has 0 bridgehead atoms. The van der Waals surface area contributed by atoms with Crippen LogP contribution in [0.2, 0.25) is 0 Å². The Morgan fingerprint density at radius 3 is 2.29 bits per heavy atom. The third kappa shape index (κ3) is 4.45. The number of ether oxygens (including phenoxy) is 1. The third-order valence-corrected chi connectivity index (χ3v) is 4.85. The molecule has 1 N–H and O–H groups in total. The Labute approximate surface area is 179 Å². The number of pyridine rings is 1. The highest BCUT2D eigenvalue weighted by molar-refractivity contribution is 6.05. The van der Waals surface area contributed by atoms with Crippen molar-refractivity contribution in [1.82, 2.24) is 10.1 Å². The van der Waals surface area contributed by atoms with Crippen LogP contribution < -0.4 is 5.32 Å². The second-order valence-corrected chi connectivity index (χ2v) is 7.36. The first-order valence-corrected chi connectivity index (χ1v) is 9.78. The molecule has 156 valence electrons. The second kappa shape index (κ2) is 8.39. The van der Waals surface area contributed by atoms with E-state index in [1.165, 1.54) is 0 Å². The van der Waals surface area contributed by atoms with E-state index in [1.54, 1.807) is 25.1 Å². The minimum absolute atomic E-state index is 0.242. The summed E-state index contributed by atoms with van der Waals surface area (Å²) in [6, 6.07) is 16.7. The molecule has 2 aromatic heterocycles. The van der Waals surface area contributed by atoms with Crippen LogP contribution in [0.4, 0.5) is 5.69 Å². The van der Waals surface area contributed by atoms with E-state index >= 15 is 0 Å². The van der Waals surface area contributed by atoms with Crippen molar-refractivity contribution in [2.24, 2.45) is 0 Å². The molecule has 4 aromatic rings. The SMILES string of the molecule is Cc1ccc(NC(=O)COC(=O)c2cc(-c3ccc(C)cc3)nc3onc(C)c23)cc1. The van der Waals surface area contributed by atoms with Crippen molar-refractivity contribution in [2.45, 2.75) is 20.8 Å². The van der Waals surface area contributed by atoms with Gasteiger partial charge in [-0.15, -0.1) is 0 Å². The standard InChI is InChI=1S/C24H21N3O4/c1-14-4-8-17(9-5-14)20-12-19(22-16(3)27-31-23(22)26-20)24(29)30-13-21(28)25-18-10-6-15(2)7-11-18/h4-12H,13H2,1-3H3,(H,25,28). The van der Waals surface area contributed by atoms with Crippen molar-refractivity contribution in [1.29, 1.82) is 0 Å².